The van der Waals surface area contributed by atoms with Crippen LogP contribution in [0.1, 0.15) is 38.5 Å². The fourth-order valence-corrected chi connectivity index (χ4v) is 2.74. The standard InChI is InChI=1S/C12H20ClN/c1-9(13)8-14-12-4-2-3-11(7-12)10-5-6-10/h10-12,14H,1-8H2. The second kappa shape index (κ2) is 4.67. The van der Waals surface area contributed by atoms with Crippen LogP contribution in [0.2, 0.25) is 0 Å². The maximum atomic E-state index is 5.75. The maximum Gasteiger partial charge on any atom is 0.0310 e. The highest BCUT2D eigenvalue weighted by atomic mass is 35.5. The molecule has 0 aromatic carbocycles. The largest absolute Gasteiger partial charge is 0.309 e. The minimum Gasteiger partial charge on any atom is -0.309 e. The summed E-state index contributed by atoms with van der Waals surface area (Å²) in [6, 6.07) is 0.699. The lowest BCUT2D eigenvalue weighted by atomic mass is 9.83. The van der Waals surface area contributed by atoms with Crippen molar-refractivity contribution in [3.63, 3.8) is 0 Å². The van der Waals surface area contributed by atoms with Crippen molar-refractivity contribution in [2.45, 2.75) is 44.6 Å². The summed E-state index contributed by atoms with van der Waals surface area (Å²) >= 11 is 5.75. The van der Waals surface area contributed by atoms with Crippen LogP contribution >= 0.6 is 11.6 Å². The van der Waals surface area contributed by atoms with Crippen LogP contribution in [0.5, 0.6) is 0 Å². The van der Waals surface area contributed by atoms with Crippen LogP contribution in [0.4, 0.5) is 0 Å². The maximum absolute atomic E-state index is 5.75. The molecule has 0 amide bonds. The second-order valence-corrected chi connectivity index (χ2v) is 5.39. The zero-order valence-electron chi connectivity index (χ0n) is 8.77. The highest BCUT2D eigenvalue weighted by molar-refractivity contribution is 6.29. The number of rotatable bonds is 4. The molecule has 1 nitrogen and oxygen atoms in total. The Labute approximate surface area is 91.9 Å². The van der Waals surface area contributed by atoms with Gasteiger partial charge >= 0.3 is 0 Å². The summed E-state index contributed by atoms with van der Waals surface area (Å²) in [6.45, 7) is 4.49. The molecular weight excluding hydrogens is 194 g/mol. The van der Waals surface area contributed by atoms with Crippen molar-refractivity contribution in [3.05, 3.63) is 11.6 Å². The van der Waals surface area contributed by atoms with Crippen LogP contribution < -0.4 is 5.32 Å². The van der Waals surface area contributed by atoms with Gasteiger partial charge in [-0.05, 0) is 37.5 Å². The molecule has 14 heavy (non-hydrogen) atoms. The van der Waals surface area contributed by atoms with Gasteiger partial charge in [-0.1, -0.05) is 31.0 Å². The number of hydrogen-bond donors (Lipinski definition) is 1. The molecule has 2 aliphatic rings. The smallest absolute Gasteiger partial charge is 0.0310 e. The molecule has 2 saturated carbocycles. The zero-order chi connectivity index (χ0) is 9.97. The zero-order valence-corrected chi connectivity index (χ0v) is 9.52. The topological polar surface area (TPSA) is 12.0 Å². The Morgan fingerprint density at radius 2 is 2.00 bits per heavy atom. The number of halogens is 1. The van der Waals surface area contributed by atoms with Crippen molar-refractivity contribution in [3.8, 4) is 0 Å². The first kappa shape index (κ1) is 10.5. The molecule has 0 spiro atoms. The van der Waals surface area contributed by atoms with E-state index in [9.17, 15) is 0 Å². The molecule has 0 aliphatic heterocycles. The molecule has 0 heterocycles. The van der Waals surface area contributed by atoms with E-state index in [-0.39, 0.29) is 0 Å². The summed E-state index contributed by atoms with van der Waals surface area (Å²) in [5.41, 5.74) is 0. The number of nitrogens with one attached hydrogen (secondary N) is 1. The van der Waals surface area contributed by atoms with Crippen LogP contribution in [-0.4, -0.2) is 12.6 Å². The summed E-state index contributed by atoms with van der Waals surface area (Å²) < 4.78 is 0. The Morgan fingerprint density at radius 1 is 1.21 bits per heavy atom. The minimum absolute atomic E-state index is 0.699. The Balaban J connectivity index is 1.72. The van der Waals surface area contributed by atoms with Crippen molar-refractivity contribution >= 4 is 11.6 Å². The monoisotopic (exact) mass is 213 g/mol. The van der Waals surface area contributed by atoms with E-state index in [4.69, 9.17) is 11.6 Å². The normalized spacial score (nSPS) is 32.9. The van der Waals surface area contributed by atoms with Gasteiger partial charge in [0.05, 0.1) is 0 Å². The summed E-state index contributed by atoms with van der Waals surface area (Å²) in [5, 5.41) is 4.24. The molecule has 2 aliphatic carbocycles. The average Bonchev–Trinajstić information content (AvgIpc) is 2.98. The third kappa shape index (κ3) is 2.99. The van der Waals surface area contributed by atoms with Gasteiger partial charge in [-0.2, -0.15) is 0 Å². The van der Waals surface area contributed by atoms with Gasteiger partial charge in [0, 0.05) is 17.6 Å². The van der Waals surface area contributed by atoms with Gasteiger partial charge in [0.1, 0.15) is 0 Å². The van der Waals surface area contributed by atoms with Gasteiger partial charge in [-0.15, -0.1) is 0 Å². The Morgan fingerprint density at radius 3 is 2.64 bits per heavy atom. The first-order valence-electron chi connectivity index (χ1n) is 5.82. The van der Waals surface area contributed by atoms with Crippen LogP contribution in [-0.2, 0) is 0 Å². The molecule has 0 aromatic heterocycles. The van der Waals surface area contributed by atoms with E-state index in [1.54, 1.807) is 0 Å². The van der Waals surface area contributed by atoms with E-state index in [0.717, 1.165) is 23.4 Å². The molecule has 2 fully saturated rings. The minimum atomic E-state index is 0.699. The van der Waals surface area contributed by atoms with Crippen LogP contribution in [0.15, 0.2) is 11.6 Å². The summed E-state index contributed by atoms with van der Waals surface area (Å²) in [7, 11) is 0. The van der Waals surface area contributed by atoms with Crippen molar-refractivity contribution in [1.29, 1.82) is 0 Å². The van der Waals surface area contributed by atoms with E-state index >= 15 is 0 Å². The van der Waals surface area contributed by atoms with Crippen LogP contribution in [0.25, 0.3) is 0 Å². The fraction of sp³-hybridized carbons (Fsp3) is 0.833. The van der Waals surface area contributed by atoms with E-state index in [1.165, 1.54) is 38.5 Å². The van der Waals surface area contributed by atoms with E-state index < -0.39 is 0 Å². The molecule has 0 bridgehead atoms. The van der Waals surface area contributed by atoms with Gasteiger partial charge in [0.15, 0.2) is 0 Å². The molecule has 0 aromatic rings. The molecular formula is C12H20ClN. The SMILES string of the molecule is C=C(Cl)CNC1CCCC(C2CC2)C1. The average molecular weight is 214 g/mol. The molecule has 2 rings (SSSR count). The van der Waals surface area contributed by atoms with E-state index in [2.05, 4.69) is 11.9 Å². The Kier molecular flexibility index (Phi) is 3.51. The predicted molar refractivity (Wildman–Crippen MR) is 61.5 cm³/mol. The van der Waals surface area contributed by atoms with Crippen molar-refractivity contribution in [1.82, 2.24) is 5.32 Å². The number of hydrogen-bond acceptors (Lipinski definition) is 1. The third-order valence-corrected chi connectivity index (χ3v) is 3.72. The highest BCUT2D eigenvalue weighted by Crippen LogP contribution is 2.43. The molecule has 80 valence electrons. The molecule has 1 N–H and O–H groups in total. The van der Waals surface area contributed by atoms with E-state index in [0.29, 0.717) is 6.04 Å². The highest BCUT2D eigenvalue weighted by Gasteiger charge is 2.34. The van der Waals surface area contributed by atoms with E-state index in [1.807, 2.05) is 0 Å². The van der Waals surface area contributed by atoms with Crippen molar-refractivity contribution < 1.29 is 0 Å². The van der Waals surface area contributed by atoms with Crippen LogP contribution in [0.3, 0.4) is 0 Å². The van der Waals surface area contributed by atoms with Gasteiger partial charge in [0.2, 0.25) is 0 Å². The van der Waals surface area contributed by atoms with Gasteiger partial charge < -0.3 is 5.32 Å². The van der Waals surface area contributed by atoms with Crippen LogP contribution in [0, 0.1) is 11.8 Å². The predicted octanol–water partition coefficient (Wildman–Crippen LogP) is 3.30. The van der Waals surface area contributed by atoms with Crippen molar-refractivity contribution in [2.75, 3.05) is 6.54 Å². The molecule has 2 heteroatoms. The first-order valence-corrected chi connectivity index (χ1v) is 6.20. The summed E-state index contributed by atoms with van der Waals surface area (Å²) in [6.07, 6.45) is 8.53. The Hall–Kier alpha value is -0.0100. The first-order chi connectivity index (χ1) is 6.75. The lowest BCUT2D eigenvalue weighted by molar-refractivity contribution is 0.265. The molecule has 0 radical (unpaired) electrons. The molecule has 2 unspecified atom stereocenters. The van der Waals surface area contributed by atoms with Crippen molar-refractivity contribution in [2.24, 2.45) is 11.8 Å². The van der Waals surface area contributed by atoms with Gasteiger partial charge in [-0.25, -0.2) is 0 Å². The summed E-state index contributed by atoms with van der Waals surface area (Å²) in [5.74, 6) is 2.07. The quantitative estimate of drug-likeness (QED) is 0.756. The van der Waals surface area contributed by atoms with Gasteiger partial charge in [0.25, 0.3) is 0 Å². The molecule has 2 atom stereocenters. The second-order valence-electron chi connectivity index (χ2n) is 4.86. The molecule has 0 saturated heterocycles. The lowest BCUT2D eigenvalue weighted by Crippen LogP contribution is -2.35. The third-order valence-electron chi connectivity index (χ3n) is 3.59. The van der Waals surface area contributed by atoms with Gasteiger partial charge in [-0.3, -0.25) is 0 Å². The Bertz CT molecular complexity index is 210. The lowest BCUT2D eigenvalue weighted by Gasteiger charge is -2.29. The summed E-state index contributed by atoms with van der Waals surface area (Å²) in [4.78, 5) is 0. The fourth-order valence-electron chi connectivity index (χ4n) is 2.66.